The minimum absolute atomic E-state index is 0.0143. The molecule has 100 valence electrons. The number of benzodiazepines with no additional fused rings is 1. The van der Waals surface area contributed by atoms with E-state index in [0.29, 0.717) is 0 Å². The van der Waals surface area contributed by atoms with Crippen molar-refractivity contribution in [3.63, 3.8) is 0 Å². The fourth-order valence-corrected chi connectivity index (χ4v) is 2.27. The highest BCUT2D eigenvalue weighted by Crippen LogP contribution is 2.25. The molecule has 1 aromatic carbocycles. The summed E-state index contributed by atoms with van der Waals surface area (Å²) in [6, 6.07) is 11.7. The third-order valence-corrected chi connectivity index (χ3v) is 3.42. The summed E-state index contributed by atoms with van der Waals surface area (Å²) < 4.78 is 0. The third kappa shape index (κ3) is 2.09. The van der Waals surface area contributed by atoms with Gasteiger partial charge in [-0.3, -0.25) is 14.8 Å². The fourth-order valence-electron chi connectivity index (χ4n) is 2.27. The molecule has 1 amide bonds. The molecule has 0 fully saturated rings. The number of anilines is 1. The normalized spacial score (nSPS) is 14.6. The maximum absolute atomic E-state index is 12.0. The molecule has 0 atom stereocenters. The Kier molecular flexibility index (Phi) is 3.06. The van der Waals surface area contributed by atoms with Gasteiger partial charge in [-0.25, -0.2) is 0 Å². The number of hydrogen-bond acceptors (Lipinski definition) is 3. The van der Waals surface area contributed by atoms with Gasteiger partial charge in [-0.05, 0) is 24.6 Å². The third-order valence-electron chi connectivity index (χ3n) is 3.42. The molecule has 0 saturated heterocycles. The lowest BCUT2D eigenvalue weighted by Gasteiger charge is -2.17. The van der Waals surface area contributed by atoms with Crippen molar-refractivity contribution in [1.29, 1.82) is 0 Å². The van der Waals surface area contributed by atoms with E-state index in [2.05, 4.69) is 9.98 Å². The zero-order valence-electron chi connectivity index (χ0n) is 11.5. The van der Waals surface area contributed by atoms with E-state index in [9.17, 15) is 4.79 Å². The number of aryl methyl sites for hydroxylation is 1. The topological polar surface area (TPSA) is 45.6 Å². The molecule has 1 aromatic heterocycles. The number of para-hydroxylation sites is 1. The van der Waals surface area contributed by atoms with Crippen LogP contribution in [0.5, 0.6) is 0 Å². The number of nitrogens with zero attached hydrogens (tertiary/aromatic N) is 3. The molecule has 0 aliphatic carbocycles. The van der Waals surface area contributed by atoms with Crippen LogP contribution in [0.25, 0.3) is 0 Å². The Bertz CT molecular complexity index is 689. The molecule has 0 saturated carbocycles. The molecule has 0 bridgehead atoms. The van der Waals surface area contributed by atoms with E-state index in [1.54, 1.807) is 11.9 Å². The Morgan fingerprint density at radius 1 is 1.15 bits per heavy atom. The molecule has 0 spiro atoms. The maximum atomic E-state index is 12.0. The first-order valence-electron chi connectivity index (χ1n) is 6.50. The first-order valence-corrected chi connectivity index (χ1v) is 6.50. The predicted molar refractivity (Wildman–Crippen MR) is 79.3 cm³/mol. The van der Waals surface area contributed by atoms with E-state index in [-0.39, 0.29) is 12.5 Å². The van der Waals surface area contributed by atoms with Crippen molar-refractivity contribution in [2.75, 3.05) is 18.5 Å². The number of rotatable bonds is 1. The molecule has 4 heteroatoms. The average Bonchev–Trinajstić information content (AvgIpc) is 2.60. The number of benzene rings is 1. The van der Waals surface area contributed by atoms with Crippen LogP contribution in [0.2, 0.25) is 0 Å². The number of carbonyl (C=O) groups is 1. The summed E-state index contributed by atoms with van der Waals surface area (Å²) in [5.41, 5.74) is 4.49. The summed E-state index contributed by atoms with van der Waals surface area (Å²) >= 11 is 0. The Labute approximate surface area is 117 Å². The van der Waals surface area contributed by atoms with Crippen molar-refractivity contribution in [1.82, 2.24) is 4.98 Å². The lowest BCUT2D eigenvalue weighted by atomic mass is 10.0. The Morgan fingerprint density at radius 3 is 2.70 bits per heavy atom. The van der Waals surface area contributed by atoms with Crippen LogP contribution in [0.15, 0.2) is 47.6 Å². The molecule has 3 rings (SSSR count). The van der Waals surface area contributed by atoms with E-state index < -0.39 is 0 Å². The van der Waals surface area contributed by atoms with Crippen molar-refractivity contribution in [3.8, 4) is 0 Å². The number of carbonyl (C=O) groups excluding carboxylic acids is 1. The summed E-state index contributed by atoms with van der Waals surface area (Å²) in [7, 11) is 1.78. The standard InChI is InChI=1S/C16H15N3O/c1-11-7-8-13(17-9-11)16-12-5-3-4-6-14(12)19(2)15(20)10-18-16/h3-9H,10H2,1-2H3. The van der Waals surface area contributed by atoms with Crippen LogP contribution in [0.4, 0.5) is 5.69 Å². The van der Waals surface area contributed by atoms with E-state index in [1.165, 1.54) is 0 Å². The quantitative estimate of drug-likeness (QED) is 0.793. The van der Waals surface area contributed by atoms with Gasteiger partial charge in [-0.1, -0.05) is 24.3 Å². The minimum atomic E-state index is -0.0143. The SMILES string of the molecule is Cc1ccc(C2=NCC(=O)N(C)c3ccccc32)nc1. The summed E-state index contributed by atoms with van der Waals surface area (Å²) in [5, 5.41) is 0. The van der Waals surface area contributed by atoms with Gasteiger partial charge in [-0.2, -0.15) is 0 Å². The Balaban J connectivity index is 2.17. The second-order valence-electron chi connectivity index (χ2n) is 4.86. The van der Waals surface area contributed by atoms with Crippen LogP contribution in [0, 0.1) is 6.92 Å². The van der Waals surface area contributed by atoms with Crippen molar-refractivity contribution in [2.24, 2.45) is 4.99 Å². The fraction of sp³-hybridized carbons (Fsp3) is 0.188. The average molecular weight is 265 g/mol. The monoisotopic (exact) mass is 265 g/mol. The highest BCUT2D eigenvalue weighted by Gasteiger charge is 2.22. The molecule has 0 N–H and O–H groups in total. The molecule has 2 heterocycles. The highest BCUT2D eigenvalue weighted by molar-refractivity contribution is 6.18. The molecule has 1 aliphatic heterocycles. The van der Waals surface area contributed by atoms with Gasteiger partial charge in [0.1, 0.15) is 6.54 Å². The van der Waals surface area contributed by atoms with Gasteiger partial charge >= 0.3 is 0 Å². The van der Waals surface area contributed by atoms with E-state index in [0.717, 1.165) is 28.2 Å². The Hall–Kier alpha value is -2.49. The number of likely N-dealkylation sites (N-methyl/N-ethyl adjacent to an activating group) is 1. The summed E-state index contributed by atoms with van der Waals surface area (Å²) in [6.07, 6.45) is 1.82. The molecule has 2 aromatic rings. The summed E-state index contributed by atoms with van der Waals surface area (Å²) in [5.74, 6) is -0.0143. The van der Waals surface area contributed by atoms with Crippen molar-refractivity contribution in [2.45, 2.75) is 6.92 Å². The van der Waals surface area contributed by atoms with Crippen LogP contribution in [-0.2, 0) is 4.79 Å². The van der Waals surface area contributed by atoms with E-state index >= 15 is 0 Å². The molecule has 1 aliphatic rings. The van der Waals surface area contributed by atoms with Gasteiger partial charge in [0, 0.05) is 18.8 Å². The van der Waals surface area contributed by atoms with Crippen LogP contribution in [-0.4, -0.2) is 30.2 Å². The van der Waals surface area contributed by atoms with Gasteiger partial charge in [0.05, 0.1) is 17.1 Å². The highest BCUT2D eigenvalue weighted by atomic mass is 16.2. The smallest absolute Gasteiger partial charge is 0.248 e. The number of aliphatic imine (C=N–C) groups is 1. The number of aromatic nitrogens is 1. The molecule has 4 nitrogen and oxygen atoms in total. The lowest BCUT2D eigenvalue weighted by molar-refractivity contribution is -0.116. The predicted octanol–water partition coefficient (Wildman–Crippen LogP) is 2.20. The van der Waals surface area contributed by atoms with E-state index in [4.69, 9.17) is 0 Å². The van der Waals surface area contributed by atoms with Crippen LogP contribution in [0.1, 0.15) is 16.8 Å². The second kappa shape index (κ2) is 4.89. The van der Waals surface area contributed by atoms with Crippen molar-refractivity contribution in [3.05, 3.63) is 59.4 Å². The molecule has 20 heavy (non-hydrogen) atoms. The minimum Gasteiger partial charge on any atom is -0.313 e. The van der Waals surface area contributed by atoms with Gasteiger partial charge in [-0.15, -0.1) is 0 Å². The summed E-state index contributed by atoms with van der Waals surface area (Å²) in [6.45, 7) is 2.15. The zero-order chi connectivity index (χ0) is 14.1. The first kappa shape index (κ1) is 12.5. The van der Waals surface area contributed by atoms with E-state index in [1.807, 2.05) is 49.5 Å². The molecule has 0 radical (unpaired) electrons. The number of hydrogen-bond donors (Lipinski definition) is 0. The second-order valence-corrected chi connectivity index (χ2v) is 4.86. The lowest BCUT2D eigenvalue weighted by Crippen LogP contribution is -2.27. The largest absolute Gasteiger partial charge is 0.313 e. The first-order chi connectivity index (χ1) is 9.66. The number of amides is 1. The van der Waals surface area contributed by atoms with Crippen LogP contribution in [0.3, 0.4) is 0 Å². The zero-order valence-corrected chi connectivity index (χ0v) is 11.5. The van der Waals surface area contributed by atoms with Gasteiger partial charge < -0.3 is 4.90 Å². The molecular weight excluding hydrogens is 250 g/mol. The number of fused-ring (bicyclic) bond motifs is 1. The van der Waals surface area contributed by atoms with Crippen molar-refractivity contribution >= 4 is 17.3 Å². The Morgan fingerprint density at radius 2 is 1.95 bits per heavy atom. The number of pyridine rings is 1. The van der Waals surface area contributed by atoms with Crippen LogP contribution >= 0.6 is 0 Å². The summed E-state index contributed by atoms with van der Waals surface area (Å²) in [4.78, 5) is 22.5. The van der Waals surface area contributed by atoms with Gasteiger partial charge in [0.2, 0.25) is 5.91 Å². The van der Waals surface area contributed by atoms with Crippen LogP contribution < -0.4 is 4.90 Å². The van der Waals surface area contributed by atoms with Gasteiger partial charge in [0.15, 0.2) is 0 Å². The maximum Gasteiger partial charge on any atom is 0.248 e. The molecule has 0 unspecified atom stereocenters. The van der Waals surface area contributed by atoms with Crippen molar-refractivity contribution < 1.29 is 4.79 Å². The van der Waals surface area contributed by atoms with Gasteiger partial charge in [0.25, 0.3) is 0 Å². The molecular formula is C16H15N3O.